The summed E-state index contributed by atoms with van der Waals surface area (Å²) in [6.07, 6.45) is 0. The molecule has 0 radical (unpaired) electrons. The molecular formula is C17H25HfNSi. The average molecular weight is 450 g/mol. The van der Waals surface area contributed by atoms with Gasteiger partial charge in [0.25, 0.3) is 0 Å². The summed E-state index contributed by atoms with van der Waals surface area (Å²) in [5.74, 6) is 0.674. The van der Waals surface area contributed by atoms with Gasteiger partial charge in [-0.25, -0.2) is 0 Å². The van der Waals surface area contributed by atoms with Gasteiger partial charge in [-0.3, -0.25) is 0 Å². The molecule has 2 rings (SSSR count). The van der Waals surface area contributed by atoms with E-state index in [9.17, 15) is 0 Å². The molecule has 1 atom stereocenters. The maximum absolute atomic E-state index is 4.00. The topological polar surface area (TPSA) is 12.0 Å². The number of anilines is 1. The Morgan fingerprint density at radius 1 is 1.00 bits per heavy atom. The number of rotatable bonds is 3. The number of para-hydroxylation sites is 1. The van der Waals surface area contributed by atoms with Gasteiger partial charge >= 0.3 is 132 Å². The Bertz CT molecular complexity index is 607. The summed E-state index contributed by atoms with van der Waals surface area (Å²) >= 11 is -1.94. The Hall–Kier alpha value is -0.413. The van der Waals surface area contributed by atoms with E-state index in [0.717, 1.165) is 0 Å². The second kappa shape index (κ2) is 6.57. The Morgan fingerprint density at radius 3 is 2.05 bits per heavy atom. The van der Waals surface area contributed by atoms with Gasteiger partial charge < -0.3 is 0 Å². The van der Waals surface area contributed by atoms with Gasteiger partial charge in [0, 0.05) is 0 Å². The normalized spacial score (nSPS) is 18.6. The molecule has 3 heteroatoms. The first-order valence-electron chi connectivity index (χ1n) is 7.32. The third kappa shape index (κ3) is 3.09. The van der Waals surface area contributed by atoms with Crippen LogP contribution in [0.1, 0.15) is 27.7 Å². The Kier molecular flexibility index (Phi) is 5.24. The molecule has 1 aromatic rings. The van der Waals surface area contributed by atoms with Crippen LogP contribution in [-0.2, 0) is 20.4 Å². The quantitative estimate of drug-likeness (QED) is 0.630. The molecule has 1 aromatic carbocycles. The van der Waals surface area contributed by atoms with Gasteiger partial charge in [-0.2, -0.15) is 0 Å². The minimum atomic E-state index is -1.94. The first-order valence-corrected chi connectivity index (χ1v) is 18.8. The average Bonchev–Trinajstić information content (AvgIpc) is 2.62. The summed E-state index contributed by atoms with van der Waals surface area (Å²) in [6.45, 7) is 14.4. The Balaban J connectivity index is 2.41. The summed E-state index contributed by atoms with van der Waals surface area (Å²) in [7, 11) is 0. The van der Waals surface area contributed by atoms with Crippen molar-refractivity contribution in [3.05, 3.63) is 50.4 Å². The molecule has 1 nitrogen and oxygen atoms in total. The number of nitrogens with one attached hydrogen (secondary N) is 1. The van der Waals surface area contributed by atoms with E-state index in [0.29, 0.717) is 5.92 Å². The zero-order valence-corrected chi connectivity index (χ0v) is 18.1. The van der Waals surface area contributed by atoms with Crippen LogP contribution < -0.4 is 3.30 Å². The van der Waals surface area contributed by atoms with Crippen molar-refractivity contribution in [1.29, 1.82) is 0 Å². The van der Waals surface area contributed by atoms with Crippen LogP contribution in [0.4, 0.5) is 5.69 Å². The van der Waals surface area contributed by atoms with E-state index >= 15 is 0 Å². The van der Waals surface area contributed by atoms with Crippen molar-refractivity contribution in [3.63, 3.8) is 0 Å². The molecule has 20 heavy (non-hydrogen) atoms. The molecule has 1 unspecified atom stereocenters. The van der Waals surface area contributed by atoms with Crippen molar-refractivity contribution < 1.29 is 20.4 Å². The van der Waals surface area contributed by atoms with Crippen molar-refractivity contribution in [2.75, 3.05) is 3.30 Å². The molecule has 1 aliphatic carbocycles. The third-order valence-corrected chi connectivity index (χ3v) is 26.2. The van der Waals surface area contributed by atoms with E-state index in [1.165, 1.54) is 5.69 Å². The first kappa shape index (κ1) is 16.0. The fraction of sp³-hybridized carbons (Fsp3) is 0.412. The van der Waals surface area contributed by atoms with Gasteiger partial charge in [0.15, 0.2) is 0 Å². The fourth-order valence-corrected chi connectivity index (χ4v) is 23.1. The number of hydrogen-bond acceptors (Lipinski definition) is 1. The van der Waals surface area contributed by atoms with Crippen LogP contribution in [0.15, 0.2) is 50.4 Å². The van der Waals surface area contributed by atoms with Crippen LogP contribution in [-0.4, -0.2) is 5.49 Å². The second-order valence-electron chi connectivity index (χ2n) is 5.93. The standard InChI is InChI=1S/C9H13.C6H6N.C2H6Si.Hf/c1-6-5-7(2)9(4)8(6)3;7-6-4-2-1-3-5-6;1-3-2;/h6H,1-4H3;1-5,7H;1-2H3;/q;-1;;+1. The molecule has 0 spiro atoms. The zero-order chi connectivity index (χ0) is 14.9. The van der Waals surface area contributed by atoms with E-state index in [1.807, 2.05) is 3.33 Å². The number of benzene rings is 1. The van der Waals surface area contributed by atoms with E-state index in [-0.39, 0.29) is 5.49 Å². The summed E-state index contributed by atoms with van der Waals surface area (Å²) in [5.41, 5.74) is 5.83. The van der Waals surface area contributed by atoms with Crippen LogP contribution in [0.5, 0.6) is 0 Å². The fourth-order valence-electron chi connectivity index (χ4n) is 2.90. The molecule has 1 aliphatic rings. The van der Waals surface area contributed by atoms with Crippen molar-refractivity contribution in [3.8, 4) is 0 Å². The van der Waals surface area contributed by atoms with Gasteiger partial charge in [-0.1, -0.05) is 0 Å². The van der Waals surface area contributed by atoms with E-state index < -0.39 is 20.4 Å². The monoisotopic (exact) mass is 451 g/mol. The molecule has 0 fully saturated rings. The predicted molar refractivity (Wildman–Crippen MR) is 87.8 cm³/mol. The Morgan fingerprint density at radius 2 is 1.60 bits per heavy atom. The molecule has 1 N–H and O–H groups in total. The molecule has 106 valence electrons. The summed E-state index contributed by atoms with van der Waals surface area (Å²) in [6, 6.07) is 10.8. The molecule has 0 aliphatic heterocycles. The van der Waals surface area contributed by atoms with Crippen molar-refractivity contribution >= 4 is 11.2 Å². The summed E-state index contributed by atoms with van der Waals surface area (Å²) < 4.78 is 5.82. The molecule has 0 amide bonds. The van der Waals surface area contributed by atoms with Gasteiger partial charge in [-0.05, 0) is 0 Å². The van der Waals surface area contributed by atoms with Gasteiger partial charge in [0.2, 0.25) is 0 Å². The van der Waals surface area contributed by atoms with Crippen LogP contribution >= 0.6 is 0 Å². The number of allylic oxidation sites excluding steroid dienone is 4. The molecule has 0 bridgehead atoms. The van der Waals surface area contributed by atoms with Gasteiger partial charge in [0.1, 0.15) is 0 Å². The van der Waals surface area contributed by atoms with Gasteiger partial charge in [-0.15, -0.1) is 0 Å². The maximum atomic E-state index is 4.00. The molecule has 0 saturated heterocycles. The minimum absolute atomic E-state index is 0.248. The third-order valence-electron chi connectivity index (χ3n) is 4.45. The van der Waals surface area contributed by atoms with Crippen LogP contribution in [0.25, 0.3) is 0 Å². The molecular weight excluding hydrogens is 425 g/mol. The zero-order valence-electron chi connectivity index (χ0n) is 13.5. The van der Waals surface area contributed by atoms with E-state index in [4.69, 9.17) is 0 Å². The van der Waals surface area contributed by atoms with Crippen molar-refractivity contribution in [1.82, 2.24) is 0 Å². The van der Waals surface area contributed by atoms with Crippen LogP contribution in [0.2, 0.25) is 13.1 Å². The van der Waals surface area contributed by atoms with Crippen LogP contribution in [0, 0.1) is 5.92 Å². The van der Waals surface area contributed by atoms with E-state index in [1.54, 1.807) is 16.7 Å². The first-order chi connectivity index (χ1) is 9.43. The Labute approximate surface area is 131 Å². The predicted octanol–water partition coefficient (Wildman–Crippen LogP) is 5.14. The molecule has 0 saturated carbocycles. The molecule has 0 heterocycles. The van der Waals surface area contributed by atoms with Crippen molar-refractivity contribution in [2.45, 2.75) is 40.8 Å². The molecule has 0 aromatic heterocycles. The van der Waals surface area contributed by atoms with Crippen LogP contribution in [0.3, 0.4) is 0 Å². The van der Waals surface area contributed by atoms with E-state index in [2.05, 4.69) is 74.4 Å². The van der Waals surface area contributed by atoms with Crippen molar-refractivity contribution in [2.24, 2.45) is 5.92 Å². The van der Waals surface area contributed by atoms with Gasteiger partial charge in [0.05, 0.1) is 0 Å². The summed E-state index contributed by atoms with van der Waals surface area (Å²) in [5, 5.41) is 0. The second-order valence-corrected chi connectivity index (χ2v) is 28.3. The SMILES string of the molecule is CC1=C(C)C(C)[C]([Hf]([NH]c2ccccc2)=[Si](C)C)=C1C. The summed E-state index contributed by atoms with van der Waals surface area (Å²) in [4.78, 5) is 0. The number of hydrogen-bond donors (Lipinski definition) is 1.